The molecule has 0 saturated carbocycles. The molecule has 3 heteroatoms. The number of rotatable bonds is 3. The van der Waals surface area contributed by atoms with E-state index in [-0.39, 0.29) is 5.78 Å². The second-order valence-electron chi connectivity index (χ2n) is 5.26. The lowest BCUT2D eigenvalue weighted by Gasteiger charge is -2.07. The summed E-state index contributed by atoms with van der Waals surface area (Å²) in [5.74, 6) is 0.0379. The maximum Gasteiger partial charge on any atom is 0.195 e. The van der Waals surface area contributed by atoms with Crippen LogP contribution in [0.2, 0.25) is 0 Å². The van der Waals surface area contributed by atoms with Crippen molar-refractivity contribution in [1.29, 1.82) is 0 Å². The fraction of sp³-hybridized carbons (Fsp3) is 0.353. The van der Waals surface area contributed by atoms with Crippen molar-refractivity contribution in [2.45, 2.75) is 37.5 Å². The second kappa shape index (κ2) is 6.11. The van der Waals surface area contributed by atoms with Crippen molar-refractivity contribution < 1.29 is 4.79 Å². The molecule has 1 heterocycles. The van der Waals surface area contributed by atoms with Crippen LogP contribution in [0, 0.1) is 0 Å². The minimum absolute atomic E-state index is 0.0379. The highest BCUT2D eigenvalue weighted by Gasteiger charge is 2.23. The van der Waals surface area contributed by atoms with Crippen molar-refractivity contribution in [3.05, 3.63) is 57.3 Å². The van der Waals surface area contributed by atoms with E-state index < -0.39 is 5.38 Å². The van der Waals surface area contributed by atoms with Gasteiger partial charge in [0.2, 0.25) is 0 Å². The quantitative estimate of drug-likeness (QED) is 0.434. The molecule has 0 radical (unpaired) electrons. The second-order valence-corrected chi connectivity index (χ2v) is 6.83. The monoisotopic (exact) mass is 304 g/mol. The van der Waals surface area contributed by atoms with Crippen LogP contribution in [-0.2, 0) is 12.8 Å². The summed E-state index contributed by atoms with van der Waals surface area (Å²) in [6, 6.07) is 11.7. The summed E-state index contributed by atoms with van der Waals surface area (Å²) in [6.45, 7) is 0. The summed E-state index contributed by atoms with van der Waals surface area (Å²) in [5, 5.41) is -0.571. The summed E-state index contributed by atoms with van der Waals surface area (Å²) < 4.78 is 0. The molecule has 1 atom stereocenters. The highest BCUT2D eigenvalue weighted by Crippen LogP contribution is 2.33. The van der Waals surface area contributed by atoms with E-state index in [0.717, 1.165) is 23.3 Å². The largest absolute Gasteiger partial charge is 0.291 e. The average Bonchev–Trinajstić information content (AvgIpc) is 2.77. The molecule has 0 fully saturated rings. The van der Waals surface area contributed by atoms with Crippen LogP contribution in [0.25, 0.3) is 0 Å². The molecule has 0 spiro atoms. The number of carbonyl (C=O) groups excluding carboxylic acids is 1. The van der Waals surface area contributed by atoms with Gasteiger partial charge in [-0.25, -0.2) is 0 Å². The van der Waals surface area contributed by atoms with Crippen LogP contribution in [0.15, 0.2) is 36.4 Å². The van der Waals surface area contributed by atoms with Gasteiger partial charge in [-0.2, -0.15) is 0 Å². The van der Waals surface area contributed by atoms with Crippen molar-refractivity contribution >= 4 is 28.7 Å². The number of thiophene rings is 1. The van der Waals surface area contributed by atoms with E-state index in [1.807, 2.05) is 30.3 Å². The Labute approximate surface area is 128 Å². The highest BCUT2D eigenvalue weighted by molar-refractivity contribution is 7.14. The fourth-order valence-corrected chi connectivity index (χ4v) is 4.24. The molecule has 3 rings (SSSR count). The lowest BCUT2D eigenvalue weighted by Crippen LogP contribution is -2.05. The Kier molecular flexibility index (Phi) is 4.23. The molecule has 1 aliphatic carbocycles. The zero-order chi connectivity index (χ0) is 13.9. The Balaban J connectivity index is 1.84. The van der Waals surface area contributed by atoms with Gasteiger partial charge in [-0.15, -0.1) is 22.9 Å². The molecule has 0 saturated heterocycles. The van der Waals surface area contributed by atoms with Crippen LogP contribution in [0.1, 0.15) is 50.3 Å². The van der Waals surface area contributed by atoms with Crippen molar-refractivity contribution in [2.75, 3.05) is 0 Å². The number of ketones is 1. The highest BCUT2D eigenvalue weighted by atomic mass is 35.5. The molecular formula is C17H17ClOS. The summed E-state index contributed by atoms with van der Waals surface area (Å²) >= 11 is 7.99. The maximum atomic E-state index is 12.5. The topological polar surface area (TPSA) is 17.1 Å². The lowest BCUT2D eigenvalue weighted by molar-refractivity contribution is 0.0991. The summed E-state index contributed by atoms with van der Waals surface area (Å²) in [5.41, 5.74) is 2.25. The molecule has 1 aromatic carbocycles. The molecule has 1 aromatic heterocycles. The number of benzene rings is 1. The third-order valence-corrected chi connectivity index (χ3v) is 5.51. The van der Waals surface area contributed by atoms with Crippen LogP contribution in [0.3, 0.4) is 0 Å². The zero-order valence-corrected chi connectivity index (χ0v) is 12.8. The molecule has 2 aromatic rings. The van der Waals surface area contributed by atoms with Gasteiger partial charge in [0.1, 0.15) is 5.38 Å². The predicted molar refractivity (Wildman–Crippen MR) is 84.9 cm³/mol. The van der Waals surface area contributed by atoms with Crippen molar-refractivity contribution in [1.82, 2.24) is 0 Å². The van der Waals surface area contributed by atoms with Gasteiger partial charge in [0.25, 0.3) is 0 Å². The van der Waals surface area contributed by atoms with Gasteiger partial charge in [0, 0.05) is 4.88 Å². The third-order valence-electron chi connectivity index (χ3n) is 3.81. The average molecular weight is 305 g/mol. The van der Waals surface area contributed by atoms with Crippen molar-refractivity contribution in [2.24, 2.45) is 0 Å². The number of carbonyl (C=O) groups is 1. The number of Topliss-reactive ketones (excluding diaryl/α,β-unsaturated/α-hetero) is 1. The first-order chi connectivity index (χ1) is 9.75. The number of fused-ring (bicyclic) bond motifs is 1. The molecule has 0 amide bonds. The Morgan fingerprint density at radius 3 is 2.65 bits per heavy atom. The van der Waals surface area contributed by atoms with E-state index >= 15 is 0 Å². The maximum absolute atomic E-state index is 12.5. The van der Waals surface area contributed by atoms with E-state index in [9.17, 15) is 4.79 Å². The first-order valence-electron chi connectivity index (χ1n) is 7.10. The normalized spacial score (nSPS) is 16.2. The van der Waals surface area contributed by atoms with E-state index in [1.54, 1.807) is 11.3 Å². The summed E-state index contributed by atoms with van der Waals surface area (Å²) in [6.07, 6.45) is 6.00. The van der Waals surface area contributed by atoms with E-state index in [2.05, 4.69) is 6.07 Å². The molecule has 1 aliphatic rings. The zero-order valence-electron chi connectivity index (χ0n) is 11.3. The molecule has 0 aliphatic heterocycles. The van der Waals surface area contributed by atoms with E-state index in [1.165, 1.54) is 29.7 Å². The molecule has 1 unspecified atom stereocenters. The molecule has 20 heavy (non-hydrogen) atoms. The molecule has 0 bridgehead atoms. The van der Waals surface area contributed by atoms with Crippen LogP contribution in [-0.4, -0.2) is 5.78 Å². The Morgan fingerprint density at radius 1 is 1.10 bits per heavy atom. The van der Waals surface area contributed by atoms with Crippen LogP contribution in [0.5, 0.6) is 0 Å². The standard InChI is InChI=1S/C17H17ClOS/c18-16(12-7-3-1-4-8-12)17(19)15-11-13-9-5-2-6-10-14(13)20-15/h1,3-4,7-8,11,16H,2,5-6,9-10H2. The van der Waals surface area contributed by atoms with Gasteiger partial charge in [-0.3, -0.25) is 4.79 Å². The fourth-order valence-electron chi connectivity index (χ4n) is 2.69. The van der Waals surface area contributed by atoms with Gasteiger partial charge in [0.15, 0.2) is 5.78 Å². The van der Waals surface area contributed by atoms with Crippen LogP contribution < -0.4 is 0 Å². The van der Waals surface area contributed by atoms with Gasteiger partial charge in [0.05, 0.1) is 4.88 Å². The first-order valence-corrected chi connectivity index (χ1v) is 8.36. The van der Waals surface area contributed by atoms with E-state index in [0.29, 0.717) is 0 Å². The van der Waals surface area contributed by atoms with Crippen molar-refractivity contribution in [3.63, 3.8) is 0 Å². The Morgan fingerprint density at radius 2 is 1.85 bits per heavy atom. The Hall–Kier alpha value is -1.12. The van der Waals surface area contributed by atoms with Gasteiger partial charge in [-0.1, -0.05) is 36.8 Å². The number of hydrogen-bond donors (Lipinski definition) is 0. The van der Waals surface area contributed by atoms with Gasteiger partial charge in [-0.05, 0) is 42.9 Å². The first kappa shape index (κ1) is 13.8. The molecule has 104 valence electrons. The molecule has 1 nitrogen and oxygen atoms in total. The minimum Gasteiger partial charge on any atom is -0.291 e. The number of alkyl halides is 1. The summed E-state index contributed by atoms with van der Waals surface area (Å²) in [4.78, 5) is 14.7. The van der Waals surface area contributed by atoms with Crippen LogP contribution >= 0.6 is 22.9 Å². The number of hydrogen-bond acceptors (Lipinski definition) is 2. The van der Waals surface area contributed by atoms with Gasteiger partial charge < -0.3 is 0 Å². The molecule has 0 N–H and O–H groups in total. The van der Waals surface area contributed by atoms with E-state index in [4.69, 9.17) is 11.6 Å². The van der Waals surface area contributed by atoms with Crippen LogP contribution in [0.4, 0.5) is 0 Å². The Bertz CT molecular complexity index is 579. The lowest BCUT2D eigenvalue weighted by atomic mass is 10.1. The number of halogens is 1. The summed E-state index contributed by atoms with van der Waals surface area (Å²) in [7, 11) is 0. The van der Waals surface area contributed by atoms with Gasteiger partial charge >= 0.3 is 0 Å². The SMILES string of the molecule is O=C(c1cc2c(s1)CCCCC2)C(Cl)c1ccccc1. The number of aryl methyl sites for hydroxylation is 2. The smallest absolute Gasteiger partial charge is 0.195 e. The molecular weight excluding hydrogens is 288 g/mol. The minimum atomic E-state index is -0.571. The van der Waals surface area contributed by atoms with Crippen molar-refractivity contribution in [3.8, 4) is 0 Å². The predicted octanol–water partition coefficient (Wildman–Crippen LogP) is 5.18. The third kappa shape index (κ3) is 2.82.